The molecule has 0 spiro atoms. The first kappa shape index (κ1) is 12.7. The van der Waals surface area contributed by atoms with Gasteiger partial charge in [-0.1, -0.05) is 12.1 Å². The zero-order chi connectivity index (χ0) is 13.0. The molecule has 1 heterocycles. The monoisotopic (exact) mass is 251 g/mol. The highest BCUT2D eigenvalue weighted by atomic mass is 19.2. The van der Waals surface area contributed by atoms with Crippen LogP contribution < -0.4 is 5.32 Å². The van der Waals surface area contributed by atoms with Crippen molar-refractivity contribution in [3.05, 3.63) is 54.1 Å². The van der Waals surface area contributed by atoms with Crippen LogP contribution in [0.2, 0.25) is 0 Å². The number of aromatic nitrogens is 2. The Bertz CT molecular complexity index is 497. The first-order chi connectivity index (χ1) is 8.68. The summed E-state index contributed by atoms with van der Waals surface area (Å²) in [6.45, 7) is 3.21. The Kier molecular flexibility index (Phi) is 4.04. The van der Waals surface area contributed by atoms with Gasteiger partial charge in [-0.25, -0.2) is 13.8 Å². The third-order valence-electron chi connectivity index (χ3n) is 2.83. The average Bonchev–Trinajstić information content (AvgIpc) is 2.85. The molecule has 5 heteroatoms. The number of imidazole rings is 1. The number of nitrogens with one attached hydrogen (secondary N) is 1. The highest BCUT2D eigenvalue weighted by Crippen LogP contribution is 2.18. The Hall–Kier alpha value is -1.75. The van der Waals surface area contributed by atoms with Crippen molar-refractivity contribution in [2.75, 3.05) is 6.54 Å². The molecule has 96 valence electrons. The summed E-state index contributed by atoms with van der Waals surface area (Å²) in [6.07, 6.45) is 5.28. The third kappa shape index (κ3) is 2.92. The summed E-state index contributed by atoms with van der Waals surface area (Å²) in [5.41, 5.74) is 0.348. The van der Waals surface area contributed by atoms with Crippen LogP contribution in [-0.4, -0.2) is 16.1 Å². The second kappa shape index (κ2) is 5.73. The van der Waals surface area contributed by atoms with Crippen LogP contribution in [0.5, 0.6) is 0 Å². The van der Waals surface area contributed by atoms with E-state index in [0.717, 1.165) is 12.6 Å². The molecule has 0 aliphatic heterocycles. The molecule has 0 amide bonds. The minimum Gasteiger partial charge on any atom is -0.336 e. The molecular formula is C13H15F2N3. The van der Waals surface area contributed by atoms with E-state index in [-0.39, 0.29) is 6.04 Å². The summed E-state index contributed by atoms with van der Waals surface area (Å²) in [5, 5.41) is 3.15. The maximum Gasteiger partial charge on any atom is 0.163 e. The molecule has 2 rings (SSSR count). The van der Waals surface area contributed by atoms with Crippen LogP contribution >= 0.6 is 0 Å². The standard InChI is InChI=1S/C13H15F2N3/c1-10(11-3-2-4-12(14)13(11)15)17-6-8-18-7-5-16-9-18/h2-5,7,9-10,17H,6,8H2,1H3. The van der Waals surface area contributed by atoms with Crippen LogP contribution in [0.15, 0.2) is 36.9 Å². The maximum absolute atomic E-state index is 13.5. The molecule has 1 unspecified atom stereocenters. The van der Waals surface area contributed by atoms with Gasteiger partial charge < -0.3 is 9.88 Å². The van der Waals surface area contributed by atoms with Crippen LogP contribution in [0.4, 0.5) is 8.78 Å². The lowest BCUT2D eigenvalue weighted by Gasteiger charge is -2.15. The first-order valence-electron chi connectivity index (χ1n) is 5.81. The summed E-state index contributed by atoms with van der Waals surface area (Å²) in [5.74, 6) is -1.59. The van der Waals surface area contributed by atoms with E-state index in [4.69, 9.17) is 0 Å². The summed E-state index contributed by atoms with van der Waals surface area (Å²) in [7, 11) is 0. The molecule has 0 aliphatic rings. The summed E-state index contributed by atoms with van der Waals surface area (Å²) in [6, 6.07) is 4.00. The molecule has 0 saturated heterocycles. The Labute approximate surface area is 104 Å². The Morgan fingerprint density at radius 2 is 2.22 bits per heavy atom. The normalized spacial score (nSPS) is 12.6. The molecule has 1 atom stereocenters. The summed E-state index contributed by atoms with van der Waals surface area (Å²) < 4.78 is 28.5. The quantitative estimate of drug-likeness (QED) is 0.885. The minimum atomic E-state index is -0.809. The molecule has 3 nitrogen and oxygen atoms in total. The largest absolute Gasteiger partial charge is 0.336 e. The third-order valence-corrected chi connectivity index (χ3v) is 2.83. The van der Waals surface area contributed by atoms with Crippen molar-refractivity contribution < 1.29 is 8.78 Å². The van der Waals surface area contributed by atoms with Crippen LogP contribution in [0.1, 0.15) is 18.5 Å². The SMILES string of the molecule is CC(NCCn1ccnc1)c1cccc(F)c1F. The molecule has 2 aromatic rings. The molecule has 0 aliphatic carbocycles. The molecule has 1 aromatic carbocycles. The van der Waals surface area contributed by atoms with E-state index in [1.807, 2.05) is 17.7 Å². The van der Waals surface area contributed by atoms with Crippen molar-refractivity contribution in [2.45, 2.75) is 19.5 Å². The minimum absolute atomic E-state index is 0.232. The fraction of sp³-hybridized carbons (Fsp3) is 0.308. The molecule has 0 bridgehead atoms. The van der Waals surface area contributed by atoms with E-state index in [1.54, 1.807) is 18.6 Å². The number of benzene rings is 1. The van der Waals surface area contributed by atoms with Gasteiger partial charge in [-0.2, -0.15) is 0 Å². The number of hydrogen-bond donors (Lipinski definition) is 1. The van der Waals surface area contributed by atoms with E-state index in [2.05, 4.69) is 10.3 Å². The van der Waals surface area contributed by atoms with Crippen LogP contribution in [0, 0.1) is 11.6 Å². The van der Waals surface area contributed by atoms with Gasteiger partial charge in [0.2, 0.25) is 0 Å². The molecule has 0 fully saturated rings. The summed E-state index contributed by atoms with van der Waals surface area (Å²) >= 11 is 0. The Balaban J connectivity index is 1.91. The predicted molar refractivity (Wildman–Crippen MR) is 65.0 cm³/mol. The maximum atomic E-state index is 13.5. The predicted octanol–water partition coefficient (Wildman–Crippen LogP) is 2.51. The van der Waals surface area contributed by atoms with Gasteiger partial charge in [0.15, 0.2) is 11.6 Å². The molecule has 0 radical (unpaired) electrons. The van der Waals surface area contributed by atoms with Gasteiger partial charge in [0.25, 0.3) is 0 Å². The zero-order valence-corrected chi connectivity index (χ0v) is 10.1. The van der Waals surface area contributed by atoms with Gasteiger partial charge in [-0.15, -0.1) is 0 Å². The van der Waals surface area contributed by atoms with Crippen molar-refractivity contribution >= 4 is 0 Å². The van der Waals surface area contributed by atoms with Crippen molar-refractivity contribution in [1.29, 1.82) is 0 Å². The lowest BCUT2D eigenvalue weighted by Crippen LogP contribution is -2.24. The van der Waals surface area contributed by atoms with E-state index in [9.17, 15) is 8.78 Å². The highest BCUT2D eigenvalue weighted by molar-refractivity contribution is 5.21. The fourth-order valence-corrected chi connectivity index (χ4v) is 1.79. The topological polar surface area (TPSA) is 29.9 Å². The molecule has 1 aromatic heterocycles. The molecule has 0 saturated carbocycles. The van der Waals surface area contributed by atoms with E-state index in [1.165, 1.54) is 6.07 Å². The fourth-order valence-electron chi connectivity index (χ4n) is 1.79. The lowest BCUT2D eigenvalue weighted by atomic mass is 10.1. The Morgan fingerprint density at radius 3 is 2.94 bits per heavy atom. The zero-order valence-electron chi connectivity index (χ0n) is 10.1. The van der Waals surface area contributed by atoms with Crippen LogP contribution in [0.25, 0.3) is 0 Å². The van der Waals surface area contributed by atoms with Gasteiger partial charge in [0.1, 0.15) is 0 Å². The number of halogens is 2. The number of nitrogens with zero attached hydrogens (tertiary/aromatic N) is 2. The first-order valence-corrected chi connectivity index (χ1v) is 5.81. The van der Waals surface area contributed by atoms with E-state index < -0.39 is 11.6 Å². The van der Waals surface area contributed by atoms with Gasteiger partial charge in [0.05, 0.1) is 6.33 Å². The van der Waals surface area contributed by atoms with Crippen molar-refractivity contribution in [3.8, 4) is 0 Å². The lowest BCUT2D eigenvalue weighted by molar-refractivity contribution is 0.466. The van der Waals surface area contributed by atoms with E-state index in [0.29, 0.717) is 12.1 Å². The van der Waals surface area contributed by atoms with Gasteiger partial charge in [-0.05, 0) is 13.0 Å². The van der Waals surface area contributed by atoms with Gasteiger partial charge in [-0.3, -0.25) is 0 Å². The molecule has 1 N–H and O–H groups in total. The van der Waals surface area contributed by atoms with Crippen molar-refractivity contribution in [2.24, 2.45) is 0 Å². The summed E-state index contributed by atoms with van der Waals surface area (Å²) in [4.78, 5) is 3.93. The second-order valence-corrected chi connectivity index (χ2v) is 4.12. The Morgan fingerprint density at radius 1 is 1.39 bits per heavy atom. The second-order valence-electron chi connectivity index (χ2n) is 4.12. The average molecular weight is 251 g/mol. The van der Waals surface area contributed by atoms with Crippen molar-refractivity contribution in [1.82, 2.24) is 14.9 Å². The number of hydrogen-bond acceptors (Lipinski definition) is 2. The smallest absolute Gasteiger partial charge is 0.163 e. The van der Waals surface area contributed by atoms with Crippen LogP contribution in [0.3, 0.4) is 0 Å². The molecule has 18 heavy (non-hydrogen) atoms. The van der Waals surface area contributed by atoms with Crippen molar-refractivity contribution in [3.63, 3.8) is 0 Å². The van der Waals surface area contributed by atoms with Gasteiger partial charge >= 0.3 is 0 Å². The highest BCUT2D eigenvalue weighted by Gasteiger charge is 2.13. The van der Waals surface area contributed by atoms with E-state index >= 15 is 0 Å². The number of rotatable bonds is 5. The molecular weight excluding hydrogens is 236 g/mol. The van der Waals surface area contributed by atoms with Crippen LogP contribution in [-0.2, 0) is 6.54 Å². The van der Waals surface area contributed by atoms with Gasteiger partial charge in [0, 0.05) is 37.1 Å².